The molecule has 0 rings (SSSR count). The van der Waals surface area contributed by atoms with E-state index in [0.29, 0.717) is 11.9 Å². The minimum Gasteiger partial charge on any atom is -0.228 e. The van der Waals surface area contributed by atoms with E-state index in [1.165, 1.54) is 13.1 Å². The van der Waals surface area contributed by atoms with E-state index in [-0.39, 0.29) is 5.75 Å². The van der Waals surface area contributed by atoms with E-state index in [4.69, 9.17) is 46.4 Å². The van der Waals surface area contributed by atoms with Crippen LogP contribution in [0.2, 0.25) is 0 Å². The zero-order valence-electron chi connectivity index (χ0n) is 11.2. The van der Waals surface area contributed by atoms with Crippen molar-refractivity contribution in [3.05, 3.63) is 12.2 Å². The predicted octanol–water partition coefficient (Wildman–Crippen LogP) is 2.82. The van der Waals surface area contributed by atoms with Crippen LogP contribution in [0.25, 0.3) is 0 Å². The SMILES string of the molecule is CC=CCS(=O)(=O)CCS(=O)(=O)N(C)SC(Cl)(Cl)C(Cl)Cl. The highest BCUT2D eigenvalue weighted by atomic mass is 35.5. The Morgan fingerprint density at radius 1 is 1.19 bits per heavy atom. The van der Waals surface area contributed by atoms with Gasteiger partial charge in [0.1, 0.15) is 0 Å². The lowest BCUT2D eigenvalue weighted by Gasteiger charge is -2.25. The Hall–Kier alpha value is 1.11. The Labute approximate surface area is 150 Å². The molecule has 0 aromatic rings. The highest BCUT2D eigenvalue weighted by Gasteiger charge is 2.38. The van der Waals surface area contributed by atoms with Crippen LogP contribution in [0, 0.1) is 0 Å². The van der Waals surface area contributed by atoms with Gasteiger partial charge in [0.25, 0.3) is 0 Å². The summed E-state index contributed by atoms with van der Waals surface area (Å²) in [6.07, 6.45) is 3.01. The minimum atomic E-state index is -3.88. The van der Waals surface area contributed by atoms with Gasteiger partial charge in [0.05, 0.1) is 17.3 Å². The smallest absolute Gasteiger partial charge is 0.224 e. The number of rotatable bonds is 9. The third kappa shape index (κ3) is 8.50. The van der Waals surface area contributed by atoms with Gasteiger partial charge >= 0.3 is 0 Å². The summed E-state index contributed by atoms with van der Waals surface area (Å²) in [7, 11) is -6.18. The van der Waals surface area contributed by atoms with E-state index < -0.39 is 39.9 Å². The van der Waals surface area contributed by atoms with Gasteiger partial charge in [0.2, 0.25) is 13.7 Å². The number of hydrogen-bond donors (Lipinski definition) is 0. The first kappa shape index (κ1) is 22.1. The van der Waals surface area contributed by atoms with Crippen molar-refractivity contribution in [1.82, 2.24) is 3.71 Å². The third-order valence-electron chi connectivity index (χ3n) is 2.13. The molecule has 0 heterocycles. The molecular formula is C9H15Cl4NO4S3. The monoisotopic (exact) mass is 437 g/mol. The summed E-state index contributed by atoms with van der Waals surface area (Å²) in [4.78, 5) is -1.23. The molecule has 5 nitrogen and oxygen atoms in total. The third-order valence-corrected chi connectivity index (χ3v) is 9.27. The van der Waals surface area contributed by atoms with Crippen molar-refractivity contribution in [1.29, 1.82) is 0 Å². The van der Waals surface area contributed by atoms with Gasteiger partial charge in [0.15, 0.2) is 14.7 Å². The molecule has 0 radical (unpaired) electrons. The van der Waals surface area contributed by atoms with Crippen molar-refractivity contribution < 1.29 is 16.8 Å². The average molecular weight is 439 g/mol. The second-order valence-electron chi connectivity index (χ2n) is 3.86. The number of alkyl halides is 4. The zero-order chi connectivity index (χ0) is 16.9. The van der Waals surface area contributed by atoms with Crippen LogP contribution in [0.5, 0.6) is 0 Å². The molecular weight excluding hydrogens is 424 g/mol. The molecule has 12 heteroatoms. The molecule has 21 heavy (non-hydrogen) atoms. The Bertz CT molecular complexity index is 560. The maximum atomic E-state index is 12.0. The average Bonchev–Trinajstić information content (AvgIpc) is 2.33. The summed E-state index contributed by atoms with van der Waals surface area (Å²) in [5.41, 5.74) is 0. The van der Waals surface area contributed by atoms with E-state index in [1.54, 1.807) is 13.0 Å². The molecule has 0 fully saturated rings. The number of allylic oxidation sites excluding steroid dienone is 1. The van der Waals surface area contributed by atoms with Crippen molar-refractivity contribution in [2.24, 2.45) is 0 Å². The molecule has 126 valence electrons. The fourth-order valence-electron chi connectivity index (χ4n) is 0.955. The van der Waals surface area contributed by atoms with Gasteiger partial charge in [-0.2, -0.15) is 0 Å². The van der Waals surface area contributed by atoms with Gasteiger partial charge < -0.3 is 0 Å². The first-order chi connectivity index (χ1) is 9.34. The lowest BCUT2D eigenvalue weighted by molar-refractivity contribution is 0.563. The number of halogens is 4. The molecule has 0 bridgehead atoms. The van der Waals surface area contributed by atoms with Crippen molar-refractivity contribution in [3.63, 3.8) is 0 Å². The Kier molecular flexibility index (Phi) is 9.29. The summed E-state index contributed by atoms with van der Waals surface area (Å²) in [6.45, 7) is 1.67. The summed E-state index contributed by atoms with van der Waals surface area (Å²) in [5.74, 6) is -1.31. The van der Waals surface area contributed by atoms with Gasteiger partial charge in [-0.05, 0) is 18.9 Å². The van der Waals surface area contributed by atoms with E-state index in [1.807, 2.05) is 0 Å². The first-order valence-corrected chi connectivity index (χ1v) is 11.3. The van der Waals surface area contributed by atoms with Crippen molar-refractivity contribution in [2.75, 3.05) is 24.3 Å². The molecule has 0 unspecified atom stereocenters. The maximum absolute atomic E-state index is 12.0. The molecule has 0 atom stereocenters. The number of hydrogen-bond acceptors (Lipinski definition) is 5. The summed E-state index contributed by atoms with van der Waals surface area (Å²) < 4.78 is 46.2. The Morgan fingerprint density at radius 2 is 1.71 bits per heavy atom. The van der Waals surface area contributed by atoms with Crippen LogP contribution in [0.4, 0.5) is 0 Å². The zero-order valence-corrected chi connectivity index (χ0v) is 16.6. The van der Waals surface area contributed by atoms with Gasteiger partial charge in [-0.15, -0.1) is 26.9 Å². The van der Waals surface area contributed by atoms with Crippen LogP contribution in [-0.2, 0) is 19.9 Å². The molecule has 0 spiro atoms. The molecule has 0 aliphatic carbocycles. The maximum Gasteiger partial charge on any atom is 0.224 e. The molecule has 0 amide bonds. The topological polar surface area (TPSA) is 71.5 Å². The van der Waals surface area contributed by atoms with Gasteiger partial charge in [-0.1, -0.05) is 35.4 Å². The predicted molar refractivity (Wildman–Crippen MR) is 92.5 cm³/mol. The van der Waals surface area contributed by atoms with Crippen LogP contribution in [-0.4, -0.2) is 53.4 Å². The molecule has 0 saturated heterocycles. The van der Waals surface area contributed by atoms with Crippen LogP contribution < -0.4 is 0 Å². The number of sulfonamides is 1. The van der Waals surface area contributed by atoms with E-state index in [9.17, 15) is 16.8 Å². The van der Waals surface area contributed by atoms with Gasteiger partial charge in [-0.3, -0.25) is 0 Å². The van der Waals surface area contributed by atoms with Crippen molar-refractivity contribution >= 4 is 78.2 Å². The van der Waals surface area contributed by atoms with E-state index in [2.05, 4.69) is 0 Å². The van der Waals surface area contributed by atoms with Crippen LogP contribution in [0.3, 0.4) is 0 Å². The minimum absolute atomic E-state index is 0.212. The summed E-state index contributed by atoms with van der Waals surface area (Å²) in [6, 6.07) is 0. The fourth-order valence-corrected chi connectivity index (χ4v) is 6.28. The summed E-state index contributed by atoms with van der Waals surface area (Å²) >= 11 is 23.1. The Morgan fingerprint density at radius 3 is 2.14 bits per heavy atom. The van der Waals surface area contributed by atoms with Crippen LogP contribution in [0.1, 0.15) is 6.92 Å². The second-order valence-corrected chi connectivity index (χ2v) is 12.7. The van der Waals surface area contributed by atoms with E-state index >= 15 is 0 Å². The molecule has 0 N–H and O–H groups in total. The van der Waals surface area contributed by atoms with Gasteiger partial charge in [-0.25, -0.2) is 16.8 Å². The molecule has 0 aliphatic rings. The highest BCUT2D eigenvalue weighted by molar-refractivity contribution is 8.11. The second kappa shape index (κ2) is 8.82. The first-order valence-electron chi connectivity index (χ1n) is 5.47. The summed E-state index contributed by atoms with van der Waals surface area (Å²) in [5, 5.41) is 0. The number of nitrogens with zero attached hydrogens (tertiary/aromatic N) is 1. The lowest BCUT2D eigenvalue weighted by Crippen LogP contribution is -2.32. The van der Waals surface area contributed by atoms with Crippen molar-refractivity contribution in [3.8, 4) is 0 Å². The molecule has 0 saturated carbocycles. The standard InChI is InChI=1S/C9H15Cl4NO4S3/c1-3-4-5-20(15,16)6-7-21(17,18)14(2)19-9(12,13)8(10)11/h3-4,8H,5-7H2,1-2H3. The quantitative estimate of drug-likeness (QED) is 0.314. The van der Waals surface area contributed by atoms with Gasteiger partial charge in [0, 0.05) is 7.05 Å². The lowest BCUT2D eigenvalue weighted by atomic mass is 10.6. The molecule has 0 aromatic carbocycles. The normalized spacial score (nSPS) is 14.5. The fraction of sp³-hybridized carbons (Fsp3) is 0.778. The van der Waals surface area contributed by atoms with Crippen molar-refractivity contribution in [2.45, 2.75) is 15.4 Å². The largest absolute Gasteiger partial charge is 0.228 e. The van der Waals surface area contributed by atoms with Crippen LogP contribution >= 0.6 is 58.4 Å². The Balaban J connectivity index is 4.78. The highest BCUT2D eigenvalue weighted by Crippen LogP contribution is 2.44. The molecule has 0 aromatic heterocycles. The van der Waals surface area contributed by atoms with E-state index in [0.717, 1.165) is 3.71 Å². The van der Waals surface area contributed by atoms with Crippen LogP contribution in [0.15, 0.2) is 12.2 Å². The molecule has 0 aliphatic heterocycles. The number of sulfone groups is 1.